The Bertz CT molecular complexity index is 1100. The maximum absolute atomic E-state index is 12.5. The number of hydrogen-bond acceptors (Lipinski definition) is 7. The highest BCUT2D eigenvalue weighted by Crippen LogP contribution is 2.24. The number of nitrogens with zero attached hydrogens (tertiary/aromatic N) is 4. The number of tetrazole rings is 1. The van der Waals surface area contributed by atoms with Crippen molar-refractivity contribution in [3.63, 3.8) is 0 Å². The van der Waals surface area contributed by atoms with Gasteiger partial charge in [0.05, 0.1) is 15.8 Å². The molecule has 3 N–H and O–H groups in total. The van der Waals surface area contributed by atoms with Crippen LogP contribution in [0.4, 0.5) is 5.69 Å². The smallest absolute Gasteiger partial charge is 0.238 e. The highest BCUT2D eigenvalue weighted by Gasteiger charge is 2.19. The number of rotatable bonds is 7. The topological polar surface area (TPSA) is 133 Å². The van der Waals surface area contributed by atoms with Crippen LogP contribution in [-0.2, 0) is 21.2 Å². The zero-order valence-electron chi connectivity index (χ0n) is 15.8. The molecule has 0 saturated carbocycles. The Kier molecular flexibility index (Phi) is 6.30. The van der Waals surface area contributed by atoms with Gasteiger partial charge in [-0.15, -0.1) is 5.10 Å². The lowest BCUT2D eigenvalue weighted by Gasteiger charge is -2.12. The van der Waals surface area contributed by atoms with Crippen molar-refractivity contribution in [3.05, 3.63) is 54.1 Å². The second-order valence-electron chi connectivity index (χ2n) is 6.21. The lowest BCUT2D eigenvalue weighted by Crippen LogP contribution is -2.23. The number of anilines is 1. The van der Waals surface area contributed by atoms with E-state index in [2.05, 4.69) is 27.8 Å². The Hall–Kier alpha value is -2.76. The predicted octanol–water partition coefficient (Wildman–Crippen LogP) is 1.99. The van der Waals surface area contributed by atoms with E-state index in [1.807, 2.05) is 24.3 Å². The van der Waals surface area contributed by atoms with E-state index in [9.17, 15) is 13.2 Å². The number of sulfonamides is 1. The average molecular weight is 433 g/mol. The number of carbonyl (C=O) groups excluding carboxylic acids is 1. The number of carbonyl (C=O) groups is 1. The first kappa shape index (κ1) is 21.0. The van der Waals surface area contributed by atoms with Crippen LogP contribution in [-0.4, -0.2) is 39.8 Å². The van der Waals surface area contributed by atoms with Crippen molar-refractivity contribution >= 4 is 33.4 Å². The van der Waals surface area contributed by atoms with E-state index >= 15 is 0 Å². The molecule has 0 aliphatic heterocycles. The summed E-state index contributed by atoms with van der Waals surface area (Å²) in [6.07, 6.45) is 0.937. The van der Waals surface area contributed by atoms with Crippen LogP contribution in [0, 0.1) is 0 Å². The van der Waals surface area contributed by atoms with Crippen molar-refractivity contribution in [2.75, 3.05) is 5.32 Å². The number of nitrogens with two attached hydrogens (primary N) is 1. The van der Waals surface area contributed by atoms with Gasteiger partial charge in [-0.25, -0.2) is 13.6 Å². The molecule has 0 saturated heterocycles. The summed E-state index contributed by atoms with van der Waals surface area (Å²) in [6.45, 7) is 3.81. The molecule has 1 heterocycles. The molecule has 0 aliphatic carbocycles. The van der Waals surface area contributed by atoms with Gasteiger partial charge in [-0.2, -0.15) is 4.68 Å². The Morgan fingerprint density at radius 1 is 1.17 bits per heavy atom. The van der Waals surface area contributed by atoms with E-state index < -0.39 is 15.3 Å². The fraction of sp³-hybridized carbons (Fsp3) is 0.222. The Labute approximate surface area is 172 Å². The highest BCUT2D eigenvalue weighted by atomic mass is 32.2. The van der Waals surface area contributed by atoms with Gasteiger partial charge >= 0.3 is 0 Å². The number of hydrogen-bond donors (Lipinski definition) is 2. The molecule has 0 aliphatic rings. The van der Waals surface area contributed by atoms with Gasteiger partial charge in [0.2, 0.25) is 21.1 Å². The minimum absolute atomic E-state index is 0.0220. The lowest BCUT2D eigenvalue weighted by molar-refractivity contribution is -0.115. The van der Waals surface area contributed by atoms with Crippen LogP contribution in [0.15, 0.2) is 58.6 Å². The van der Waals surface area contributed by atoms with Gasteiger partial charge in [-0.1, -0.05) is 30.8 Å². The molecule has 0 radical (unpaired) electrons. The van der Waals surface area contributed by atoms with Crippen molar-refractivity contribution < 1.29 is 13.2 Å². The van der Waals surface area contributed by atoms with Crippen LogP contribution < -0.4 is 10.5 Å². The van der Waals surface area contributed by atoms with Crippen molar-refractivity contribution in [2.24, 2.45) is 5.14 Å². The molecule has 0 bridgehead atoms. The van der Waals surface area contributed by atoms with Crippen molar-refractivity contribution in [3.8, 4) is 5.69 Å². The third-order valence-corrected chi connectivity index (χ3v) is 6.09. The standard InChI is InChI=1S/C18H20N6O3S2/c1-3-13-4-8-15(9-5-13)24-18(21-22-23-24)28-12(2)17(25)20-14-6-10-16(11-7-14)29(19,26)27/h4-12H,3H2,1-2H3,(H,20,25)(H2,19,26,27)/t12-/m1/s1. The van der Waals surface area contributed by atoms with Crippen LogP contribution in [0.3, 0.4) is 0 Å². The van der Waals surface area contributed by atoms with E-state index in [-0.39, 0.29) is 10.8 Å². The van der Waals surface area contributed by atoms with Gasteiger partial charge in [0.25, 0.3) is 0 Å². The molecule has 3 rings (SSSR count). The second-order valence-corrected chi connectivity index (χ2v) is 9.08. The Balaban J connectivity index is 1.68. The molecule has 29 heavy (non-hydrogen) atoms. The number of benzene rings is 2. The van der Waals surface area contributed by atoms with Gasteiger partial charge in [-0.3, -0.25) is 4.79 Å². The summed E-state index contributed by atoms with van der Waals surface area (Å²) in [4.78, 5) is 12.5. The predicted molar refractivity (Wildman–Crippen MR) is 110 cm³/mol. The minimum Gasteiger partial charge on any atom is -0.325 e. The summed E-state index contributed by atoms with van der Waals surface area (Å²) in [7, 11) is -3.78. The van der Waals surface area contributed by atoms with E-state index in [1.165, 1.54) is 41.6 Å². The van der Waals surface area contributed by atoms with Crippen LogP contribution in [0.2, 0.25) is 0 Å². The fourth-order valence-corrected chi connectivity index (χ4v) is 3.79. The quantitative estimate of drug-likeness (QED) is 0.545. The van der Waals surface area contributed by atoms with Gasteiger partial charge in [0.15, 0.2) is 0 Å². The highest BCUT2D eigenvalue weighted by molar-refractivity contribution is 8.00. The molecule has 9 nitrogen and oxygen atoms in total. The fourth-order valence-electron chi connectivity index (χ4n) is 2.47. The second kappa shape index (κ2) is 8.72. The molecule has 11 heteroatoms. The first-order valence-corrected chi connectivity index (χ1v) is 11.2. The summed E-state index contributed by atoms with van der Waals surface area (Å²) in [5, 5.41) is 19.5. The summed E-state index contributed by atoms with van der Waals surface area (Å²) < 4.78 is 24.2. The Morgan fingerprint density at radius 3 is 2.41 bits per heavy atom. The molecular weight excluding hydrogens is 412 g/mol. The number of thioether (sulfide) groups is 1. The number of aryl methyl sites for hydroxylation is 1. The number of primary sulfonamides is 1. The minimum atomic E-state index is -3.78. The van der Waals surface area contributed by atoms with Gasteiger partial charge in [-0.05, 0) is 65.7 Å². The maximum Gasteiger partial charge on any atom is 0.238 e. The summed E-state index contributed by atoms with van der Waals surface area (Å²) in [5.41, 5.74) is 2.47. The normalized spacial score (nSPS) is 12.5. The molecule has 1 amide bonds. The van der Waals surface area contributed by atoms with Crippen LogP contribution >= 0.6 is 11.8 Å². The molecule has 1 atom stereocenters. The molecule has 152 valence electrons. The van der Waals surface area contributed by atoms with E-state index in [0.717, 1.165) is 12.1 Å². The van der Waals surface area contributed by atoms with Crippen molar-refractivity contribution in [1.29, 1.82) is 0 Å². The number of amides is 1. The first-order chi connectivity index (χ1) is 13.8. The Morgan fingerprint density at radius 2 is 1.83 bits per heavy atom. The summed E-state index contributed by atoms with van der Waals surface area (Å²) in [6, 6.07) is 13.5. The van der Waals surface area contributed by atoms with Gasteiger partial charge in [0.1, 0.15) is 0 Å². The first-order valence-electron chi connectivity index (χ1n) is 8.76. The largest absolute Gasteiger partial charge is 0.325 e. The SMILES string of the molecule is CCc1ccc(-n2nnnc2S[C@H](C)C(=O)Nc2ccc(S(N)(=O)=O)cc2)cc1. The van der Waals surface area contributed by atoms with E-state index in [0.29, 0.717) is 10.8 Å². The third-order valence-electron chi connectivity index (χ3n) is 4.13. The summed E-state index contributed by atoms with van der Waals surface area (Å²) >= 11 is 1.22. The molecule has 0 spiro atoms. The molecular formula is C18H20N6O3S2. The summed E-state index contributed by atoms with van der Waals surface area (Å²) in [5.74, 6) is -0.269. The molecule has 1 aromatic heterocycles. The number of aromatic nitrogens is 4. The molecule has 3 aromatic rings. The van der Waals surface area contributed by atoms with Crippen LogP contribution in [0.5, 0.6) is 0 Å². The van der Waals surface area contributed by atoms with Crippen LogP contribution in [0.25, 0.3) is 5.69 Å². The van der Waals surface area contributed by atoms with Crippen LogP contribution in [0.1, 0.15) is 19.4 Å². The monoisotopic (exact) mass is 432 g/mol. The molecule has 2 aromatic carbocycles. The van der Waals surface area contributed by atoms with E-state index in [1.54, 1.807) is 11.6 Å². The molecule has 0 fully saturated rings. The third kappa shape index (κ3) is 5.19. The maximum atomic E-state index is 12.5. The van der Waals surface area contributed by atoms with Gasteiger partial charge in [0, 0.05) is 5.69 Å². The average Bonchev–Trinajstić information content (AvgIpc) is 3.15. The number of nitrogens with one attached hydrogen (secondary N) is 1. The lowest BCUT2D eigenvalue weighted by atomic mass is 10.1. The van der Waals surface area contributed by atoms with Gasteiger partial charge < -0.3 is 5.32 Å². The molecule has 0 unspecified atom stereocenters. The zero-order valence-corrected chi connectivity index (χ0v) is 17.4. The zero-order chi connectivity index (χ0) is 21.0. The van der Waals surface area contributed by atoms with E-state index in [4.69, 9.17) is 5.14 Å². The van der Waals surface area contributed by atoms with Crippen molar-refractivity contribution in [2.45, 2.75) is 35.6 Å². The van der Waals surface area contributed by atoms with Crippen molar-refractivity contribution in [1.82, 2.24) is 20.2 Å².